The van der Waals surface area contributed by atoms with Crippen molar-refractivity contribution in [1.29, 1.82) is 0 Å². The molecule has 0 aliphatic carbocycles. The summed E-state index contributed by atoms with van der Waals surface area (Å²) >= 11 is 6.02. The molecule has 3 aromatic heterocycles. The number of benzene rings is 1. The molecule has 0 aliphatic rings. The number of nitrogens with zero attached hydrogens (tertiary/aromatic N) is 3. The van der Waals surface area contributed by atoms with Crippen LogP contribution in [-0.2, 0) is 6.42 Å². The van der Waals surface area contributed by atoms with Crippen molar-refractivity contribution in [3.8, 4) is 0 Å². The molecule has 0 aliphatic heterocycles. The van der Waals surface area contributed by atoms with Crippen molar-refractivity contribution in [2.45, 2.75) is 26.2 Å². The fourth-order valence-corrected chi connectivity index (χ4v) is 3.42. The van der Waals surface area contributed by atoms with Crippen molar-refractivity contribution in [3.63, 3.8) is 0 Å². The first-order valence-electron chi connectivity index (χ1n) is 8.60. The molecule has 0 fully saturated rings. The van der Waals surface area contributed by atoms with E-state index in [0.29, 0.717) is 24.1 Å². The molecule has 0 radical (unpaired) electrons. The van der Waals surface area contributed by atoms with Crippen LogP contribution in [0.5, 0.6) is 0 Å². The second-order valence-electron chi connectivity index (χ2n) is 6.71. The Kier molecular flexibility index (Phi) is 4.47. The maximum atomic E-state index is 6.02. The third-order valence-corrected chi connectivity index (χ3v) is 4.79. The van der Waals surface area contributed by atoms with E-state index in [2.05, 4.69) is 34.0 Å². The summed E-state index contributed by atoms with van der Waals surface area (Å²) in [7, 11) is 0. The standard InChI is InChI=1S/C20H19ClN4O/c1-12(2)18(13-5-7-15(21)8-6-13)20-24-17(26-25-20)10-14-11-23-19-16(14)4-3-9-22-19/h3-9,11-12,18H,10H2,1-2H3,(H,22,23). The number of aromatic nitrogens is 4. The molecule has 3 heterocycles. The molecule has 0 spiro atoms. The van der Waals surface area contributed by atoms with Crippen LogP contribution in [0, 0.1) is 5.92 Å². The van der Waals surface area contributed by atoms with Gasteiger partial charge in [-0.25, -0.2) is 4.98 Å². The van der Waals surface area contributed by atoms with Gasteiger partial charge in [-0.1, -0.05) is 42.7 Å². The summed E-state index contributed by atoms with van der Waals surface area (Å²) in [4.78, 5) is 12.2. The van der Waals surface area contributed by atoms with Crippen molar-refractivity contribution in [2.75, 3.05) is 0 Å². The lowest BCUT2D eigenvalue weighted by molar-refractivity contribution is 0.372. The summed E-state index contributed by atoms with van der Waals surface area (Å²) in [6, 6.07) is 11.8. The lowest BCUT2D eigenvalue weighted by Gasteiger charge is -2.17. The molecule has 0 amide bonds. The minimum Gasteiger partial charge on any atom is -0.346 e. The molecule has 132 valence electrons. The van der Waals surface area contributed by atoms with Crippen LogP contribution in [0.15, 0.2) is 53.3 Å². The Morgan fingerprint density at radius 1 is 1.15 bits per heavy atom. The molecular weight excluding hydrogens is 348 g/mol. The highest BCUT2D eigenvalue weighted by Gasteiger charge is 2.24. The van der Waals surface area contributed by atoms with E-state index in [1.165, 1.54) is 0 Å². The van der Waals surface area contributed by atoms with Crippen molar-refractivity contribution in [2.24, 2.45) is 5.92 Å². The second kappa shape index (κ2) is 6.92. The Labute approximate surface area is 156 Å². The van der Waals surface area contributed by atoms with E-state index >= 15 is 0 Å². The Balaban J connectivity index is 1.62. The minimum atomic E-state index is 0.0643. The summed E-state index contributed by atoms with van der Waals surface area (Å²) in [6.45, 7) is 4.31. The fourth-order valence-electron chi connectivity index (χ4n) is 3.29. The molecule has 26 heavy (non-hydrogen) atoms. The van der Waals surface area contributed by atoms with Crippen molar-refractivity contribution in [1.82, 2.24) is 20.1 Å². The molecule has 1 unspecified atom stereocenters. The van der Waals surface area contributed by atoms with Crippen LogP contribution in [-0.4, -0.2) is 20.1 Å². The average Bonchev–Trinajstić information content (AvgIpc) is 3.25. The first-order chi connectivity index (χ1) is 12.6. The summed E-state index contributed by atoms with van der Waals surface area (Å²) < 4.78 is 5.54. The molecule has 1 aromatic carbocycles. The number of rotatable bonds is 5. The molecule has 4 rings (SSSR count). The van der Waals surface area contributed by atoms with Gasteiger partial charge in [0.05, 0.1) is 6.42 Å². The third kappa shape index (κ3) is 3.22. The first kappa shape index (κ1) is 16.8. The SMILES string of the molecule is CC(C)C(c1ccc(Cl)cc1)c1noc(Cc2c[nH]c3ncccc23)n1. The van der Waals surface area contributed by atoms with Crippen molar-refractivity contribution < 1.29 is 4.52 Å². The van der Waals surface area contributed by atoms with Gasteiger partial charge < -0.3 is 9.51 Å². The average molecular weight is 367 g/mol. The zero-order valence-electron chi connectivity index (χ0n) is 14.6. The Morgan fingerprint density at radius 2 is 1.96 bits per heavy atom. The highest BCUT2D eigenvalue weighted by molar-refractivity contribution is 6.30. The molecule has 0 saturated carbocycles. The van der Waals surface area contributed by atoms with Gasteiger partial charge in [0.1, 0.15) is 5.65 Å². The van der Waals surface area contributed by atoms with Gasteiger partial charge in [-0.2, -0.15) is 4.98 Å². The van der Waals surface area contributed by atoms with E-state index in [4.69, 9.17) is 16.1 Å². The maximum Gasteiger partial charge on any atom is 0.231 e. The van der Waals surface area contributed by atoms with Crippen LogP contribution in [0.3, 0.4) is 0 Å². The topological polar surface area (TPSA) is 67.6 Å². The van der Waals surface area contributed by atoms with Crippen LogP contribution in [0.4, 0.5) is 0 Å². The summed E-state index contributed by atoms with van der Waals surface area (Å²) in [5.41, 5.74) is 3.09. The number of fused-ring (bicyclic) bond motifs is 1. The zero-order chi connectivity index (χ0) is 18.1. The normalized spacial score (nSPS) is 12.8. The van der Waals surface area contributed by atoms with Gasteiger partial charge in [0.15, 0.2) is 5.82 Å². The number of halogens is 1. The number of pyridine rings is 1. The summed E-state index contributed by atoms with van der Waals surface area (Å²) in [5.74, 6) is 1.70. The summed E-state index contributed by atoms with van der Waals surface area (Å²) in [5, 5.41) is 6.05. The van der Waals surface area contributed by atoms with E-state index in [1.807, 2.05) is 42.6 Å². The quantitative estimate of drug-likeness (QED) is 0.541. The van der Waals surface area contributed by atoms with E-state index in [-0.39, 0.29) is 5.92 Å². The van der Waals surface area contributed by atoms with Crippen LogP contribution >= 0.6 is 11.6 Å². The lowest BCUT2D eigenvalue weighted by Crippen LogP contribution is -2.10. The predicted octanol–water partition coefficient (Wildman–Crippen LogP) is 4.98. The largest absolute Gasteiger partial charge is 0.346 e. The van der Waals surface area contributed by atoms with Gasteiger partial charge in [0.2, 0.25) is 5.89 Å². The van der Waals surface area contributed by atoms with Gasteiger partial charge in [-0.05, 0) is 41.3 Å². The zero-order valence-corrected chi connectivity index (χ0v) is 15.4. The molecule has 1 N–H and O–H groups in total. The second-order valence-corrected chi connectivity index (χ2v) is 7.15. The minimum absolute atomic E-state index is 0.0643. The highest BCUT2D eigenvalue weighted by atomic mass is 35.5. The highest BCUT2D eigenvalue weighted by Crippen LogP contribution is 2.31. The number of H-pyrrole nitrogens is 1. The fraction of sp³-hybridized carbons (Fsp3) is 0.250. The molecule has 5 nitrogen and oxygen atoms in total. The molecular formula is C20H19ClN4O. The first-order valence-corrected chi connectivity index (χ1v) is 8.98. The van der Waals surface area contributed by atoms with E-state index in [0.717, 1.165) is 27.2 Å². The van der Waals surface area contributed by atoms with E-state index < -0.39 is 0 Å². The Hall–Kier alpha value is -2.66. The van der Waals surface area contributed by atoms with Crippen molar-refractivity contribution >= 4 is 22.6 Å². The van der Waals surface area contributed by atoms with Crippen LogP contribution in [0.2, 0.25) is 5.02 Å². The van der Waals surface area contributed by atoms with E-state index in [9.17, 15) is 0 Å². The van der Waals surface area contributed by atoms with Crippen LogP contribution in [0.25, 0.3) is 11.0 Å². The smallest absolute Gasteiger partial charge is 0.231 e. The van der Waals surface area contributed by atoms with Gasteiger partial charge in [0, 0.05) is 28.7 Å². The number of nitrogens with one attached hydrogen (secondary N) is 1. The van der Waals surface area contributed by atoms with Crippen LogP contribution in [0.1, 0.15) is 42.6 Å². The monoisotopic (exact) mass is 366 g/mol. The van der Waals surface area contributed by atoms with Crippen molar-refractivity contribution in [3.05, 3.63) is 76.7 Å². The molecule has 0 saturated heterocycles. The van der Waals surface area contributed by atoms with E-state index in [1.54, 1.807) is 6.20 Å². The molecule has 4 aromatic rings. The van der Waals surface area contributed by atoms with Gasteiger partial charge >= 0.3 is 0 Å². The number of hydrogen-bond donors (Lipinski definition) is 1. The van der Waals surface area contributed by atoms with Gasteiger partial charge in [-0.15, -0.1) is 0 Å². The third-order valence-electron chi connectivity index (χ3n) is 4.54. The van der Waals surface area contributed by atoms with Crippen LogP contribution < -0.4 is 0 Å². The van der Waals surface area contributed by atoms with Gasteiger partial charge in [0.25, 0.3) is 0 Å². The lowest BCUT2D eigenvalue weighted by atomic mass is 9.88. The van der Waals surface area contributed by atoms with Gasteiger partial charge in [-0.3, -0.25) is 0 Å². The number of aromatic amines is 1. The number of hydrogen-bond acceptors (Lipinski definition) is 4. The molecule has 6 heteroatoms. The molecule has 0 bridgehead atoms. The molecule has 1 atom stereocenters. The Morgan fingerprint density at radius 3 is 2.73 bits per heavy atom. The maximum absolute atomic E-state index is 6.02. The summed E-state index contributed by atoms with van der Waals surface area (Å²) in [6.07, 6.45) is 4.29. The Bertz CT molecular complexity index is 1020. The predicted molar refractivity (Wildman–Crippen MR) is 101 cm³/mol.